The van der Waals surface area contributed by atoms with Crippen molar-refractivity contribution in [1.82, 2.24) is 10.2 Å². The Balaban J connectivity index is 1.34. The van der Waals surface area contributed by atoms with Gasteiger partial charge in [-0.2, -0.15) is 0 Å². The minimum atomic E-state index is -0.331. The molecule has 142 valence electrons. The molecule has 0 radical (unpaired) electrons. The molecule has 2 atom stereocenters. The molecule has 0 unspecified atom stereocenters. The van der Waals surface area contributed by atoms with Crippen molar-refractivity contribution in [3.05, 3.63) is 53.5 Å². The highest BCUT2D eigenvalue weighted by atomic mass is 16.3. The van der Waals surface area contributed by atoms with Crippen molar-refractivity contribution in [3.63, 3.8) is 0 Å². The molecule has 2 saturated carbocycles. The highest BCUT2D eigenvalue weighted by Gasteiger charge is 2.37. The quantitative estimate of drug-likeness (QED) is 0.787. The van der Waals surface area contributed by atoms with Gasteiger partial charge in [-0.1, -0.05) is 6.92 Å². The summed E-state index contributed by atoms with van der Waals surface area (Å²) in [6.45, 7) is 2.60. The number of aromatic hydroxyl groups is 1. The van der Waals surface area contributed by atoms with Crippen LogP contribution in [0.15, 0.2) is 40.8 Å². The fraction of sp³-hybridized carbons (Fsp3) is 0.429. The van der Waals surface area contributed by atoms with Gasteiger partial charge < -0.3 is 19.7 Å². The molecule has 0 aliphatic heterocycles. The Bertz CT molecular complexity index is 838. The molecule has 2 aliphatic carbocycles. The summed E-state index contributed by atoms with van der Waals surface area (Å²) in [5.41, 5.74) is 0.410. The Morgan fingerprint density at radius 2 is 1.89 bits per heavy atom. The Labute approximate surface area is 158 Å². The predicted octanol–water partition coefficient (Wildman–Crippen LogP) is 3.03. The average molecular weight is 368 g/mol. The third kappa shape index (κ3) is 4.15. The third-order valence-electron chi connectivity index (χ3n) is 5.32. The van der Waals surface area contributed by atoms with Crippen LogP contribution in [-0.2, 0) is 11.3 Å². The number of nitrogens with zero attached hydrogens (tertiary/aromatic N) is 1. The number of carbonyl (C=O) groups is 2. The van der Waals surface area contributed by atoms with Crippen LogP contribution >= 0.6 is 0 Å². The molecule has 2 amide bonds. The van der Waals surface area contributed by atoms with Crippen molar-refractivity contribution in [2.75, 3.05) is 6.54 Å². The first-order valence-electron chi connectivity index (χ1n) is 9.46. The molecule has 2 N–H and O–H groups in total. The molecule has 0 bridgehead atoms. The maximum Gasteiger partial charge on any atom is 0.251 e. The molecule has 4 rings (SSSR count). The first kappa shape index (κ1) is 17.6. The number of benzene rings is 1. The van der Waals surface area contributed by atoms with Crippen LogP contribution in [0, 0.1) is 5.92 Å². The lowest BCUT2D eigenvalue weighted by Crippen LogP contribution is -2.41. The fourth-order valence-corrected chi connectivity index (χ4v) is 3.34. The van der Waals surface area contributed by atoms with Gasteiger partial charge in [0.25, 0.3) is 5.91 Å². The number of furan rings is 1. The lowest BCUT2D eigenvalue weighted by atomic mass is 10.2. The second-order valence-electron chi connectivity index (χ2n) is 7.61. The number of carbonyl (C=O) groups excluding carboxylic acids is 2. The van der Waals surface area contributed by atoms with E-state index in [0.717, 1.165) is 24.4 Å². The number of amides is 2. The molecule has 1 aromatic carbocycles. The number of phenols is 1. The van der Waals surface area contributed by atoms with E-state index < -0.39 is 0 Å². The molecule has 0 saturated heterocycles. The smallest absolute Gasteiger partial charge is 0.251 e. The molecule has 2 aromatic rings. The van der Waals surface area contributed by atoms with E-state index in [1.165, 1.54) is 30.7 Å². The van der Waals surface area contributed by atoms with Crippen LogP contribution in [0.1, 0.15) is 54.0 Å². The second-order valence-corrected chi connectivity index (χ2v) is 7.61. The lowest BCUT2D eigenvalue weighted by molar-refractivity contribution is -0.131. The highest BCUT2D eigenvalue weighted by Crippen LogP contribution is 2.47. The summed E-state index contributed by atoms with van der Waals surface area (Å²) in [7, 11) is 0. The summed E-state index contributed by atoms with van der Waals surface area (Å²) in [6.07, 6.45) is 3.15. The average Bonchev–Trinajstić information content (AvgIpc) is 3.58. The minimum Gasteiger partial charge on any atom is -0.508 e. The SMILES string of the molecule is C[C@H]1C[C@H]1c1ccc(CN(C(=O)CNC(=O)c2ccc(O)cc2)C2CC2)o1. The standard InChI is InChI=1S/C21H24N2O4/c1-13-10-18(13)19-9-8-17(27-19)12-23(15-4-5-15)20(25)11-22-21(26)14-2-6-16(24)7-3-14/h2-3,6-9,13,15,18,24H,4-5,10-12H2,1H3,(H,22,26)/t13-,18+/m0/s1. The molecule has 6 nitrogen and oxygen atoms in total. The monoisotopic (exact) mass is 368 g/mol. The van der Waals surface area contributed by atoms with Gasteiger partial charge in [0, 0.05) is 17.5 Å². The summed E-state index contributed by atoms with van der Waals surface area (Å²) in [4.78, 5) is 26.6. The van der Waals surface area contributed by atoms with Crippen molar-refractivity contribution in [2.45, 2.75) is 44.7 Å². The Morgan fingerprint density at radius 1 is 1.19 bits per heavy atom. The zero-order chi connectivity index (χ0) is 19.0. The van der Waals surface area contributed by atoms with Gasteiger partial charge in [0.1, 0.15) is 17.3 Å². The van der Waals surface area contributed by atoms with E-state index in [4.69, 9.17) is 4.42 Å². The molecule has 2 fully saturated rings. The Morgan fingerprint density at radius 3 is 2.52 bits per heavy atom. The van der Waals surface area contributed by atoms with Gasteiger partial charge in [-0.25, -0.2) is 0 Å². The summed E-state index contributed by atoms with van der Waals surface area (Å²) >= 11 is 0. The largest absolute Gasteiger partial charge is 0.508 e. The molecule has 27 heavy (non-hydrogen) atoms. The van der Waals surface area contributed by atoms with E-state index in [1.54, 1.807) is 4.90 Å². The van der Waals surface area contributed by atoms with Gasteiger partial charge in [-0.15, -0.1) is 0 Å². The number of phenolic OH excluding ortho intramolecular Hbond substituents is 1. The van der Waals surface area contributed by atoms with E-state index >= 15 is 0 Å². The van der Waals surface area contributed by atoms with Crippen LogP contribution in [0.2, 0.25) is 0 Å². The van der Waals surface area contributed by atoms with E-state index in [9.17, 15) is 14.7 Å². The fourth-order valence-electron chi connectivity index (χ4n) is 3.34. The van der Waals surface area contributed by atoms with Crippen LogP contribution < -0.4 is 5.32 Å². The van der Waals surface area contributed by atoms with Gasteiger partial charge in [0.15, 0.2) is 0 Å². The molecule has 6 heteroatoms. The van der Waals surface area contributed by atoms with Crippen molar-refractivity contribution in [1.29, 1.82) is 0 Å². The van der Waals surface area contributed by atoms with Gasteiger partial charge >= 0.3 is 0 Å². The van der Waals surface area contributed by atoms with Gasteiger partial charge in [-0.3, -0.25) is 9.59 Å². The van der Waals surface area contributed by atoms with E-state index in [2.05, 4.69) is 12.2 Å². The van der Waals surface area contributed by atoms with Gasteiger partial charge in [0.05, 0.1) is 13.1 Å². The van der Waals surface area contributed by atoms with Crippen molar-refractivity contribution >= 4 is 11.8 Å². The summed E-state index contributed by atoms with van der Waals surface area (Å²) in [5, 5.41) is 12.0. The topological polar surface area (TPSA) is 82.8 Å². The first-order valence-corrected chi connectivity index (χ1v) is 9.46. The lowest BCUT2D eigenvalue weighted by Gasteiger charge is -2.21. The first-order chi connectivity index (χ1) is 13.0. The maximum atomic E-state index is 12.7. The predicted molar refractivity (Wildman–Crippen MR) is 99.2 cm³/mol. The van der Waals surface area contributed by atoms with Crippen molar-refractivity contribution < 1.29 is 19.1 Å². The number of nitrogens with one attached hydrogen (secondary N) is 1. The molecular formula is C21H24N2O4. The van der Waals surface area contributed by atoms with Gasteiger partial charge in [0.2, 0.25) is 5.91 Å². The van der Waals surface area contributed by atoms with Crippen LogP contribution in [0.3, 0.4) is 0 Å². The van der Waals surface area contributed by atoms with E-state index in [1.807, 2.05) is 12.1 Å². The van der Waals surface area contributed by atoms with Crippen LogP contribution in [0.5, 0.6) is 5.75 Å². The van der Waals surface area contributed by atoms with Crippen LogP contribution in [-0.4, -0.2) is 34.4 Å². The minimum absolute atomic E-state index is 0.0521. The Hall–Kier alpha value is -2.76. The summed E-state index contributed by atoms with van der Waals surface area (Å²) < 4.78 is 5.94. The maximum absolute atomic E-state index is 12.7. The zero-order valence-corrected chi connectivity index (χ0v) is 15.4. The molecule has 1 heterocycles. The van der Waals surface area contributed by atoms with E-state index in [-0.39, 0.29) is 30.2 Å². The molecule has 2 aliphatic rings. The van der Waals surface area contributed by atoms with E-state index in [0.29, 0.717) is 23.9 Å². The number of hydrogen-bond acceptors (Lipinski definition) is 4. The summed E-state index contributed by atoms with van der Waals surface area (Å²) in [5.74, 6) is 2.68. The molecule has 1 aromatic heterocycles. The number of rotatable bonds is 7. The third-order valence-corrected chi connectivity index (χ3v) is 5.32. The highest BCUT2D eigenvalue weighted by molar-refractivity contribution is 5.96. The van der Waals surface area contributed by atoms with Crippen LogP contribution in [0.4, 0.5) is 0 Å². The van der Waals surface area contributed by atoms with Crippen LogP contribution in [0.25, 0.3) is 0 Å². The molecular weight excluding hydrogens is 344 g/mol. The van der Waals surface area contributed by atoms with Gasteiger partial charge in [-0.05, 0) is 61.6 Å². The normalized spacial score (nSPS) is 20.9. The number of hydrogen-bond donors (Lipinski definition) is 2. The zero-order valence-electron chi connectivity index (χ0n) is 15.4. The Kier molecular flexibility index (Phi) is 4.64. The summed E-state index contributed by atoms with van der Waals surface area (Å²) in [6, 6.07) is 10.2. The second kappa shape index (κ2) is 7.10. The van der Waals surface area contributed by atoms with Crippen molar-refractivity contribution in [2.24, 2.45) is 5.92 Å². The van der Waals surface area contributed by atoms with Crippen molar-refractivity contribution in [3.8, 4) is 5.75 Å². The molecule has 0 spiro atoms.